The normalized spacial score (nSPS) is 12.3. The van der Waals surface area contributed by atoms with Crippen LogP contribution in [0.25, 0.3) is 0 Å². The molecule has 2 N–H and O–H groups in total. The molecular formula is C12H15ClN4O. The second kappa shape index (κ2) is 6.37. The molecule has 1 unspecified atom stereocenters. The maximum Gasteiger partial charge on any atom is 0.137 e. The summed E-state index contributed by atoms with van der Waals surface area (Å²) in [7, 11) is 0. The minimum absolute atomic E-state index is 0.234. The molecule has 0 aliphatic heterocycles. The zero-order valence-electron chi connectivity index (χ0n) is 9.83. The molecule has 1 aromatic heterocycles. The van der Waals surface area contributed by atoms with Gasteiger partial charge in [-0.15, -0.1) is 11.6 Å². The van der Waals surface area contributed by atoms with Gasteiger partial charge in [0.25, 0.3) is 0 Å². The summed E-state index contributed by atoms with van der Waals surface area (Å²) in [6, 6.07) is 7.95. The molecule has 18 heavy (non-hydrogen) atoms. The van der Waals surface area contributed by atoms with Crippen LogP contribution in [0.1, 0.15) is 5.56 Å². The molecule has 96 valence electrons. The molecule has 2 aromatic rings. The summed E-state index contributed by atoms with van der Waals surface area (Å²) in [5.74, 6) is 0.234. The topological polar surface area (TPSA) is 63.0 Å². The summed E-state index contributed by atoms with van der Waals surface area (Å²) in [4.78, 5) is 3.89. The van der Waals surface area contributed by atoms with Crippen LogP contribution >= 0.6 is 11.6 Å². The van der Waals surface area contributed by atoms with E-state index in [1.165, 1.54) is 6.33 Å². The molecule has 2 rings (SSSR count). The predicted molar refractivity (Wildman–Crippen MR) is 70.8 cm³/mol. The Morgan fingerprint density at radius 1 is 1.33 bits per heavy atom. The Hall–Kier alpha value is -1.59. The zero-order chi connectivity index (χ0) is 12.8. The van der Waals surface area contributed by atoms with Gasteiger partial charge >= 0.3 is 0 Å². The molecule has 0 saturated carbocycles. The summed E-state index contributed by atoms with van der Waals surface area (Å²) < 4.78 is 1.76. The number of benzene rings is 1. The van der Waals surface area contributed by atoms with Crippen LogP contribution in [-0.2, 0) is 6.54 Å². The number of alkyl halides is 1. The van der Waals surface area contributed by atoms with Gasteiger partial charge < -0.3 is 10.4 Å². The molecule has 0 fully saturated rings. The van der Waals surface area contributed by atoms with Crippen molar-refractivity contribution in [3.63, 3.8) is 0 Å². The average molecular weight is 267 g/mol. The fourth-order valence-corrected chi connectivity index (χ4v) is 1.63. The molecule has 0 amide bonds. The Bertz CT molecular complexity index is 457. The highest BCUT2D eigenvalue weighted by Crippen LogP contribution is 2.10. The quantitative estimate of drug-likeness (QED) is 0.775. The molecule has 1 heterocycles. The maximum absolute atomic E-state index is 9.33. The standard InChI is InChI=1S/C12H15ClN4O/c13-5-12(18)6-15-11-3-1-10(2-4-11)7-17-9-14-8-16-17/h1-4,8-9,12,15,18H,5-7H2. The van der Waals surface area contributed by atoms with Gasteiger partial charge in [-0.3, -0.25) is 0 Å². The van der Waals surface area contributed by atoms with E-state index in [0.717, 1.165) is 11.3 Å². The van der Waals surface area contributed by atoms with E-state index < -0.39 is 6.10 Å². The minimum Gasteiger partial charge on any atom is -0.390 e. The van der Waals surface area contributed by atoms with E-state index in [-0.39, 0.29) is 5.88 Å². The second-order valence-electron chi connectivity index (χ2n) is 3.98. The molecule has 5 nitrogen and oxygen atoms in total. The fourth-order valence-electron chi connectivity index (χ4n) is 1.52. The molecule has 0 aliphatic carbocycles. The highest BCUT2D eigenvalue weighted by molar-refractivity contribution is 6.18. The zero-order valence-corrected chi connectivity index (χ0v) is 10.6. The van der Waals surface area contributed by atoms with Gasteiger partial charge in [-0.2, -0.15) is 5.10 Å². The third kappa shape index (κ3) is 3.72. The number of aliphatic hydroxyl groups is 1. The number of rotatable bonds is 6. The first-order chi connectivity index (χ1) is 8.78. The lowest BCUT2D eigenvalue weighted by Crippen LogP contribution is -2.20. The molecular weight excluding hydrogens is 252 g/mol. The van der Waals surface area contributed by atoms with Crippen LogP contribution in [-0.4, -0.2) is 38.4 Å². The highest BCUT2D eigenvalue weighted by Gasteiger charge is 2.01. The van der Waals surface area contributed by atoms with Gasteiger partial charge in [0.15, 0.2) is 0 Å². The van der Waals surface area contributed by atoms with Crippen molar-refractivity contribution in [3.8, 4) is 0 Å². The Balaban J connectivity index is 1.89. The highest BCUT2D eigenvalue weighted by atomic mass is 35.5. The van der Waals surface area contributed by atoms with Gasteiger partial charge in [-0.25, -0.2) is 9.67 Å². The van der Waals surface area contributed by atoms with Crippen molar-refractivity contribution >= 4 is 17.3 Å². The summed E-state index contributed by atoms with van der Waals surface area (Å²) >= 11 is 5.52. The molecule has 0 radical (unpaired) electrons. The van der Waals surface area contributed by atoms with Gasteiger partial charge in [0.05, 0.1) is 18.5 Å². The first-order valence-electron chi connectivity index (χ1n) is 5.67. The number of halogens is 1. The van der Waals surface area contributed by atoms with E-state index >= 15 is 0 Å². The van der Waals surface area contributed by atoms with Crippen molar-refractivity contribution in [1.29, 1.82) is 0 Å². The van der Waals surface area contributed by atoms with Crippen molar-refractivity contribution in [2.75, 3.05) is 17.7 Å². The maximum atomic E-state index is 9.33. The van der Waals surface area contributed by atoms with Gasteiger partial charge in [0.1, 0.15) is 12.7 Å². The van der Waals surface area contributed by atoms with Crippen LogP contribution < -0.4 is 5.32 Å². The first-order valence-corrected chi connectivity index (χ1v) is 6.20. The van der Waals surface area contributed by atoms with Crippen molar-refractivity contribution < 1.29 is 5.11 Å². The van der Waals surface area contributed by atoms with Crippen molar-refractivity contribution in [2.24, 2.45) is 0 Å². The third-order valence-electron chi connectivity index (χ3n) is 2.49. The molecule has 0 saturated heterocycles. The number of nitrogens with zero attached hydrogens (tertiary/aromatic N) is 3. The van der Waals surface area contributed by atoms with E-state index in [9.17, 15) is 5.11 Å². The smallest absolute Gasteiger partial charge is 0.137 e. The minimum atomic E-state index is -0.526. The van der Waals surface area contributed by atoms with Gasteiger partial charge in [0.2, 0.25) is 0 Å². The molecule has 1 aromatic carbocycles. The van der Waals surface area contributed by atoms with Crippen LogP contribution in [0, 0.1) is 0 Å². The fraction of sp³-hybridized carbons (Fsp3) is 0.333. The number of hydrogen-bond donors (Lipinski definition) is 2. The molecule has 6 heteroatoms. The Morgan fingerprint density at radius 2 is 2.11 bits per heavy atom. The Labute approximate surface area is 110 Å². The first kappa shape index (κ1) is 12.9. The van der Waals surface area contributed by atoms with E-state index in [2.05, 4.69) is 15.4 Å². The van der Waals surface area contributed by atoms with Crippen molar-refractivity contribution in [3.05, 3.63) is 42.5 Å². The molecule has 1 atom stereocenters. The van der Waals surface area contributed by atoms with Crippen LogP contribution in [0.5, 0.6) is 0 Å². The Kier molecular flexibility index (Phi) is 4.55. The van der Waals surface area contributed by atoms with E-state index in [1.54, 1.807) is 11.0 Å². The average Bonchev–Trinajstić information content (AvgIpc) is 2.90. The molecule has 0 aliphatic rings. The van der Waals surface area contributed by atoms with Gasteiger partial charge in [0, 0.05) is 12.2 Å². The lowest BCUT2D eigenvalue weighted by atomic mass is 10.2. The number of aliphatic hydroxyl groups excluding tert-OH is 1. The van der Waals surface area contributed by atoms with Crippen LogP contribution in [0.4, 0.5) is 5.69 Å². The van der Waals surface area contributed by atoms with Gasteiger partial charge in [-0.1, -0.05) is 12.1 Å². The third-order valence-corrected chi connectivity index (χ3v) is 2.84. The van der Waals surface area contributed by atoms with Crippen molar-refractivity contribution in [2.45, 2.75) is 12.6 Å². The largest absolute Gasteiger partial charge is 0.390 e. The summed E-state index contributed by atoms with van der Waals surface area (Å²) in [5, 5.41) is 16.5. The number of aromatic nitrogens is 3. The summed E-state index contributed by atoms with van der Waals surface area (Å²) in [5.41, 5.74) is 2.10. The summed E-state index contributed by atoms with van der Waals surface area (Å²) in [6.07, 6.45) is 2.67. The van der Waals surface area contributed by atoms with Crippen molar-refractivity contribution in [1.82, 2.24) is 14.8 Å². The Morgan fingerprint density at radius 3 is 2.72 bits per heavy atom. The second-order valence-corrected chi connectivity index (χ2v) is 4.29. The summed E-state index contributed by atoms with van der Waals surface area (Å²) in [6.45, 7) is 1.15. The van der Waals surface area contributed by atoms with E-state index in [4.69, 9.17) is 11.6 Å². The number of nitrogens with one attached hydrogen (secondary N) is 1. The number of hydrogen-bond acceptors (Lipinski definition) is 4. The van der Waals surface area contributed by atoms with E-state index in [0.29, 0.717) is 13.1 Å². The van der Waals surface area contributed by atoms with Crippen LogP contribution in [0.2, 0.25) is 0 Å². The van der Waals surface area contributed by atoms with Gasteiger partial charge in [-0.05, 0) is 17.7 Å². The van der Waals surface area contributed by atoms with Crippen LogP contribution in [0.15, 0.2) is 36.9 Å². The molecule has 0 spiro atoms. The van der Waals surface area contributed by atoms with E-state index in [1.807, 2.05) is 24.3 Å². The van der Waals surface area contributed by atoms with Crippen LogP contribution in [0.3, 0.4) is 0 Å². The lowest BCUT2D eigenvalue weighted by Gasteiger charge is -2.10. The lowest BCUT2D eigenvalue weighted by molar-refractivity contribution is 0.211. The monoisotopic (exact) mass is 266 g/mol. The predicted octanol–water partition coefficient (Wildman–Crippen LogP) is 1.34. The SMILES string of the molecule is OC(CCl)CNc1ccc(Cn2cncn2)cc1. The number of anilines is 1. The molecule has 0 bridgehead atoms.